The molecule has 1 heterocycles. The van der Waals surface area contributed by atoms with Crippen molar-refractivity contribution in [2.45, 2.75) is 25.7 Å². The first-order chi connectivity index (χ1) is 6.20. The summed E-state index contributed by atoms with van der Waals surface area (Å²) in [5, 5.41) is 8.83. The van der Waals surface area contributed by atoms with E-state index in [2.05, 4.69) is 4.98 Å². The van der Waals surface area contributed by atoms with E-state index in [4.69, 9.17) is 5.11 Å². The fraction of sp³-hybridized carbons (Fsp3) is 0.556. The van der Waals surface area contributed by atoms with E-state index in [0.29, 0.717) is 0 Å². The van der Waals surface area contributed by atoms with Crippen LogP contribution in [0.2, 0.25) is 0 Å². The Balaban J connectivity index is 2.50. The quantitative estimate of drug-likeness (QED) is 0.701. The summed E-state index contributed by atoms with van der Waals surface area (Å²) >= 11 is 0. The average molecular weight is 180 g/mol. The third-order valence-electron chi connectivity index (χ3n) is 2.57. The molecular weight excluding hydrogens is 168 g/mol. The molecule has 1 aromatic rings. The predicted octanol–water partition coefficient (Wildman–Crippen LogP) is 0.997. The molecule has 0 saturated heterocycles. The largest absolute Gasteiger partial charge is 0.475 e. The molecule has 4 nitrogen and oxygen atoms in total. The van der Waals surface area contributed by atoms with Gasteiger partial charge in [-0.15, -0.1) is 0 Å². The third-order valence-corrected chi connectivity index (χ3v) is 2.57. The molecule has 0 bridgehead atoms. The van der Waals surface area contributed by atoms with E-state index in [1.165, 1.54) is 0 Å². The lowest BCUT2D eigenvalue weighted by Gasteiger charge is -2.10. The van der Waals surface area contributed by atoms with Crippen molar-refractivity contribution >= 4 is 5.97 Å². The van der Waals surface area contributed by atoms with Gasteiger partial charge in [0.05, 0.1) is 5.69 Å². The second-order valence-electron chi connectivity index (χ2n) is 3.40. The number of carboxylic acid groups (broad SMARTS) is 1. The monoisotopic (exact) mass is 180 g/mol. The topological polar surface area (TPSA) is 55.1 Å². The van der Waals surface area contributed by atoms with Crippen LogP contribution in [0, 0.1) is 0 Å². The number of aromatic nitrogens is 2. The Labute approximate surface area is 76.2 Å². The maximum Gasteiger partial charge on any atom is 0.372 e. The SMILES string of the molecule is Cn1c(C(=O)O)nc2c1CCCC2. The molecule has 0 unspecified atom stereocenters. The number of nitrogens with zero attached hydrogens (tertiary/aromatic N) is 2. The minimum atomic E-state index is -0.933. The number of carbonyl (C=O) groups is 1. The van der Waals surface area contributed by atoms with Crippen molar-refractivity contribution in [3.05, 3.63) is 17.2 Å². The highest BCUT2D eigenvalue weighted by Gasteiger charge is 2.20. The van der Waals surface area contributed by atoms with E-state index >= 15 is 0 Å². The number of rotatable bonds is 1. The normalized spacial score (nSPS) is 15.5. The Morgan fingerprint density at radius 2 is 2.15 bits per heavy atom. The van der Waals surface area contributed by atoms with E-state index in [9.17, 15) is 4.79 Å². The first-order valence-electron chi connectivity index (χ1n) is 4.48. The molecule has 0 saturated carbocycles. The zero-order chi connectivity index (χ0) is 9.42. The molecule has 0 spiro atoms. The number of hydrogen-bond donors (Lipinski definition) is 1. The van der Waals surface area contributed by atoms with Gasteiger partial charge in [0.25, 0.3) is 0 Å². The number of aromatic carboxylic acids is 1. The molecule has 0 atom stereocenters. The van der Waals surface area contributed by atoms with Crippen LogP contribution in [0.4, 0.5) is 0 Å². The zero-order valence-corrected chi connectivity index (χ0v) is 7.58. The van der Waals surface area contributed by atoms with Crippen LogP contribution in [-0.4, -0.2) is 20.6 Å². The van der Waals surface area contributed by atoms with E-state index in [0.717, 1.165) is 37.1 Å². The van der Waals surface area contributed by atoms with Crippen molar-refractivity contribution in [1.29, 1.82) is 0 Å². The minimum absolute atomic E-state index is 0.173. The molecule has 0 fully saturated rings. The highest BCUT2D eigenvalue weighted by Crippen LogP contribution is 2.20. The number of carboxylic acids is 1. The zero-order valence-electron chi connectivity index (χ0n) is 7.58. The first-order valence-corrected chi connectivity index (χ1v) is 4.48. The van der Waals surface area contributed by atoms with Crippen LogP contribution >= 0.6 is 0 Å². The van der Waals surface area contributed by atoms with E-state index < -0.39 is 5.97 Å². The molecule has 1 aliphatic rings. The van der Waals surface area contributed by atoms with Gasteiger partial charge in [-0.05, 0) is 25.7 Å². The summed E-state index contributed by atoms with van der Waals surface area (Å²) in [4.78, 5) is 14.9. The van der Waals surface area contributed by atoms with Crippen molar-refractivity contribution < 1.29 is 9.90 Å². The summed E-state index contributed by atoms with van der Waals surface area (Å²) in [5.41, 5.74) is 2.08. The predicted molar refractivity (Wildman–Crippen MR) is 46.8 cm³/mol. The molecule has 1 aromatic heterocycles. The van der Waals surface area contributed by atoms with Crippen LogP contribution in [0.25, 0.3) is 0 Å². The summed E-state index contributed by atoms with van der Waals surface area (Å²) in [6.07, 6.45) is 4.16. The Bertz CT molecular complexity index is 355. The lowest BCUT2D eigenvalue weighted by molar-refractivity contribution is 0.0679. The van der Waals surface area contributed by atoms with Crippen LogP contribution in [0.15, 0.2) is 0 Å². The van der Waals surface area contributed by atoms with Gasteiger partial charge in [-0.1, -0.05) is 0 Å². The molecule has 2 rings (SSSR count). The van der Waals surface area contributed by atoms with Crippen molar-refractivity contribution in [3.63, 3.8) is 0 Å². The average Bonchev–Trinajstić information content (AvgIpc) is 2.45. The van der Waals surface area contributed by atoms with Gasteiger partial charge in [-0.25, -0.2) is 9.78 Å². The summed E-state index contributed by atoms with van der Waals surface area (Å²) in [6.45, 7) is 0. The molecule has 4 heteroatoms. The van der Waals surface area contributed by atoms with E-state index in [1.54, 1.807) is 11.6 Å². The Morgan fingerprint density at radius 1 is 1.46 bits per heavy atom. The van der Waals surface area contributed by atoms with Crippen LogP contribution in [-0.2, 0) is 19.9 Å². The maximum absolute atomic E-state index is 10.8. The molecule has 1 aliphatic carbocycles. The fourth-order valence-electron chi connectivity index (χ4n) is 1.88. The fourth-order valence-corrected chi connectivity index (χ4v) is 1.88. The van der Waals surface area contributed by atoms with Gasteiger partial charge in [0.2, 0.25) is 5.82 Å². The number of aryl methyl sites for hydroxylation is 1. The standard InChI is InChI=1S/C9H12N2O2/c1-11-7-5-3-2-4-6(7)10-8(11)9(12)13/h2-5H2,1H3,(H,12,13). The number of imidazole rings is 1. The van der Waals surface area contributed by atoms with Gasteiger partial charge in [0, 0.05) is 12.7 Å². The van der Waals surface area contributed by atoms with Gasteiger partial charge in [0.15, 0.2) is 0 Å². The lowest BCUT2D eigenvalue weighted by atomic mass is 10.0. The summed E-state index contributed by atoms with van der Waals surface area (Å²) in [5.74, 6) is -0.760. The van der Waals surface area contributed by atoms with Crippen LogP contribution in [0.1, 0.15) is 34.8 Å². The van der Waals surface area contributed by atoms with Gasteiger partial charge in [0.1, 0.15) is 0 Å². The van der Waals surface area contributed by atoms with Crippen LogP contribution < -0.4 is 0 Å². The van der Waals surface area contributed by atoms with E-state index in [-0.39, 0.29) is 5.82 Å². The summed E-state index contributed by atoms with van der Waals surface area (Å²) in [6, 6.07) is 0. The second kappa shape index (κ2) is 2.87. The second-order valence-corrected chi connectivity index (χ2v) is 3.40. The molecule has 0 aliphatic heterocycles. The third kappa shape index (κ3) is 1.22. The molecule has 0 radical (unpaired) electrons. The first kappa shape index (κ1) is 8.29. The van der Waals surface area contributed by atoms with Crippen LogP contribution in [0.3, 0.4) is 0 Å². The van der Waals surface area contributed by atoms with Gasteiger partial charge < -0.3 is 9.67 Å². The van der Waals surface area contributed by atoms with Gasteiger partial charge >= 0.3 is 5.97 Å². The molecule has 13 heavy (non-hydrogen) atoms. The molecular formula is C9H12N2O2. The molecule has 1 N–H and O–H groups in total. The van der Waals surface area contributed by atoms with Crippen molar-refractivity contribution in [2.24, 2.45) is 7.05 Å². The van der Waals surface area contributed by atoms with Crippen molar-refractivity contribution in [3.8, 4) is 0 Å². The van der Waals surface area contributed by atoms with Crippen molar-refractivity contribution in [1.82, 2.24) is 9.55 Å². The minimum Gasteiger partial charge on any atom is -0.475 e. The molecule has 0 aromatic carbocycles. The van der Waals surface area contributed by atoms with Gasteiger partial charge in [-0.3, -0.25) is 0 Å². The van der Waals surface area contributed by atoms with Crippen molar-refractivity contribution in [2.75, 3.05) is 0 Å². The molecule has 70 valence electrons. The smallest absolute Gasteiger partial charge is 0.372 e. The van der Waals surface area contributed by atoms with E-state index in [1.807, 2.05) is 0 Å². The highest BCUT2D eigenvalue weighted by atomic mass is 16.4. The Morgan fingerprint density at radius 3 is 2.77 bits per heavy atom. The number of hydrogen-bond acceptors (Lipinski definition) is 2. The maximum atomic E-state index is 10.8. The Kier molecular flexibility index (Phi) is 1.83. The lowest BCUT2D eigenvalue weighted by Crippen LogP contribution is -2.09. The number of fused-ring (bicyclic) bond motifs is 1. The summed E-state index contributed by atoms with van der Waals surface area (Å²) < 4.78 is 1.71. The Hall–Kier alpha value is -1.32. The van der Waals surface area contributed by atoms with Crippen LogP contribution in [0.5, 0.6) is 0 Å². The highest BCUT2D eigenvalue weighted by molar-refractivity contribution is 5.83. The van der Waals surface area contributed by atoms with Gasteiger partial charge in [-0.2, -0.15) is 0 Å². The summed E-state index contributed by atoms with van der Waals surface area (Å²) in [7, 11) is 1.78. The molecule has 0 amide bonds.